The summed E-state index contributed by atoms with van der Waals surface area (Å²) in [6, 6.07) is 5.54. The van der Waals surface area contributed by atoms with Crippen molar-refractivity contribution < 1.29 is 4.79 Å². The Labute approximate surface area is 80.1 Å². The summed E-state index contributed by atoms with van der Waals surface area (Å²) in [4.78, 5) is 17.7. The molecule has 0 unspecified atom stereocenters. The lowest BCUT2D eigenvalue weighted by Gasteiger charge is -1.93. The van der Waals surface area contributed by atoms with E-state index in [9.17, 15) is 4.79 Å². The lowest BCUT2D eigenvalue weighted by molar-refractivity contribution is 0.0991. The number of fused-ring (bicyclic) bond motifs is 1. The fourth-order valence-corrected chi connectivity index (χ4v) is 1.30. The van der Waals surface area contributed by atoms with E-state index in [4.69, 9.17) is 11.5 Å². The summed E-state index contributed by atoms with van der Waals surface area (Å²) in [5.41, 5.74) is 13.0. The Balaban J connectivity index is 2.60. The number of carbonyl (C=O) groups excluding carboxylic acids is 1. The minimum absolute atomic E-state index is 0.175. The highest BCUT2D eigenvalue weighted by molar-refractivity contribution is 5.92. The number of amides is 1. The molecule has 0 fully saturated rings. The van der Waals surface area contributed by atoms with E-state index in [1.807, 2.05) is 18.2 Å². The first-order chi connectivity index (χ1) is 6.70. The van der Waals surface area contributed by atoms with Crippen LogP contribution in [0, 0.1) is 0 Å². The third-order valence-electron chi connectivity index (χ3n) is 2.02. The van der Waals surface area contributed by atoms with Crippen LogP contribution >= 0.6 is 0 Å². The van der Waals surface area contributed by atoms with E-state index in [-0.39, 0.29) is 5.82 Å². The van der Waals surface area contributed by atoms with Crippen LogP contribution in [0.15, 0.2) is 18.2 Å². The largest absolute Gasteiger partial charge is 0.363 e. The Morgan fingerprint density at radius 3 is 2.93 bits per heavy atom. The molecule has 72 valence electrons. The smallest absolute Gasteiger partial charge is 0.284 e. The molecule has 0 atom stereocenters. The fourth-order valence-electron chi connectivity index (χ4n) is 1.30. The van der Waals surface area contributed by atoms with Crippen molar-refractivity contribution in [2.75, 3.05) is 0 Å². The van der Waals surface area contributed by atoms with Gasteiger partial charge >= 0.3 is 0 Å². The maximum absolute atomic E-state index is 10.8. The first kappa shape index (κ1) is 8.71. The molecule has 0 aliphatic rings. The molecule has 0 aliphatic carbocycles. The maximum atomic E-state index is 10.8. The second kappa shape index (κ2) is 3.12. The second-order valence-electron chi connectivity index (χ2n) is 3.01. The topological polar surface area (TPSA) is 97.8 Å². The number of aromatic nitrogens is 2. The van der Waals surface area contributed by atoms with Gasteiger partial charge in [0.25, 0.3) is 5.91 Å². The van der Waals surface area contributed by atoms with E-state index in [2.05, 4.69) is 9.97 Å². The van der Waals surface area contributed by atoms with Crippen LogP contribution in [-0.4, -0.2) is 15.9 Å². The second-order valence-corrected chi connectivity index (χ2v) is 3.01. The quantitative estimate of drug-likeness (QED) is 0.627. The summed E-state index contributed by atoms with van der Waals surface area (Å²) in [6.45, 7) is 0.453. The van der Waals surface area contributed by atoms with Crippen molar-refractivity contribution in [3.8, 4) is 0 Å². The molecule has 5 nitrogen and oxygen atoms in total. The van der Waals surface area contributed by atoms with Crippen molar-refractivity contribution >= 4 is 16.9 Å². The molecule has 5 heteroatoms. The molecule has 2 aromatic rings. The summed E-state index contributed by atoms with van der Waals surface area (Å²) in [5.74, 6) is -0.385. The fraction of sp³-hybridized carbons (Fsp3) is 0.111. The van der Waals surface area contributed by atoms with Crippen molar-refractivity contribution in [3.63, 3.8) is 0 Å². The highest BCUT2D eigenvalue weighted by Gasteiger charge is 2.07. The summed E-state index contributed by atoms with van der Waals surface area (Å²) >= 11 is 0. The highest BCUT2D eigenvalue weighted by Crippen LogP contribution is 2.13. The molecule has 0 spiro atoms. The number of benzene rings is 1. The molecule has 0 aliphatic heterocycles. The lowest BCUT2D eigenvalue weighted by Crippen LogP contribution is -2.12. The number of carbonyl (C=O) groups is 1. The van der Waals surface area contributed by atoms with E-state index in [1.54, 1.807) is 0 Å². The highest BCUT2D eigenvalue weighted by atomic mass is 16.1. The Kier molecular flexibility index (Phi) is 1.94. The number of hydrogen-bond acceptors (Lipinski definition) is 3. The zero-order chi connectivity index (χ0) is 10.1. The summed E-state index contributed by atoms with van der Waals surface area (Å²) in [6.07, 6.45) is 0. The van der Waals surface area contributed by atoms with Gasteiger partial charge in [0.05, 0.1) is 11.0 Å². The van der Waals surface area contributed by atoms with Gasteiger partial charge in [0.1, 0.15) is 0 Å². The van der Waals surface area contributed by atoms with Crippen LogP contribution in [0.3, 0.4) is 0 Å². The molecule has 14 heavy (non-hydrogen) atoms. The standard InChI is InChI=1S/C9H10N4O/c10-4-5-1-2-6-7(3-5)13-9(12-6)8(11)14/h1-3H,4,10H2,(H2,11,14)(H,12,13). The van der Waals surface area contributed by atoms with Crippen molar-refractivity contribution in [1.29, 1.82) is 0 Å². The van der Waals surface area contributed by atoms with Gasteiger partial charge in [-0.3, -0.25) is 4.79 Å². The lowest BCUT2D eigenvalue weighted by atomic mass is 10.2. The minimum atomic E-state index is -0.560. The van der Waals surface area contributed by atoms with E-state index in [1.165, 1.54) is 0 Å². The van der Waals surface area contributed by atoms with Gasteiger partial charge < -0.3 is 16.5 Å². The summed E-state index contributed by atoms with van der Waals surface area (Å²) in [5, 5.41) is 0. The summed E-state index contributed by atoms with van der Waals surface area (Å²) < 4.78 is 0. The Morgan fingerprint density at radius 2 is 2.29 bits per heavy atom. The summed E-state index contributed by atoms with van der Waals surface area (Å²) in [7, 11) is 0. The molecule has 1 aromatic heterocycles. The van der Waals surface area contributed by atoms with Gasteiger partial charge in [-0.15, -0.1) is 0 Å². The average Bonchev–Trinajstić information content (AvgIpc) is 2.59. The normalized spacial score (nSPS) is 10.6. The predicted molar refractivity (Wildman–Crippen MR) is 52.5 cm³/mol. The molecule has 5 N–H and O–H groups in total. The third-order valence-corrected chi connectivity index (χ3v) is 2.02. The number of nitrogens with zero attached hydrogens (tertiary/aromatic N) is 1. The number of nitrogens with two attached hydrogens (primary N) is 2. The molecule has 1 aromatic carbocycles. The van der Waals surface area contributed by atoms with Gasteiger partial charge in [-0.2, -0.15) is 0 Å². The average molecular weight is 190 g/mol. The third kappa shape index (κ3) is 1.33. The zero-order valence-electron chi connectivity index (χ0n) is 7.45. The minimum Gasteiger partial charge on any atom is -0.363 e. The monoisotopic (exact) mass is 190 g/mol. The number of rotatable bonds is 2. The van der Waals surface area contributed by atoms with Crippen molar-refractivity contribution in [3.05, 3.63) is 29.6 Å². The number of primary amides is 1. The number of aromatic amines is 1. The molecule has 1 heterocycles. The first-order valence-corrected chi connectivity index (χ1v) is 4.19. The van der Waals surface area contributed by atoms with Crippen molar-refractivity contribution in [2.45, 2.75) is 6.54 Å². The first-order valence-electron chi connectivity index (χ1n) is 4.19. The number of imidazole rings is 1. The molecule has 2 rings (SSSR count). The Bertz CT molecular complexity index is 489. The number of H-pyrrole nitrogens is 1. The molecule has 1 amide bonds. The molecular formula is C9H10N4O. The number of hydrogen-bond donors (Lipinski definition) is 3. The van der Waals surface area contributed by atoms with Gasteiger partial charge in [-0.25, -0.2) is 4.98 Å². The van der Waals surface area contributed by atoms with Crippen LogP contribution in [0.5, 0.6) is 0 Å². The Hall–Kier alpha value is -1.88. The van der Waals surface area contributed by atoms with Gasteiger partial charge in [0.2, 0.25) is 0 Å². The van der Waals surface area contributed by atoms with Crippen molar-refractivity contribution in [1.82, 2.24) is 9.97 Å². The molecule has 0 bridgehead atoms. The van der Waals surface area contributed by atoms with Crippen LogP contribution in [-0.2, 0) is 6.54 Å². The Morgan fingerprint density at radius 1 is 1.50 bits per heavy atom. The van der Waals surface area contributed by atoms with Crippen LogP contribution in [0.1, 0.15) is 16.2 Å². The van der Waals surface area contributed by atoms with Gasteiger partial charge in [0, 0.05) is 6.54 Å². The molecule has 0 saturated heterocycles. The van der Waals surface area contributed by atoms with Gasteiger partial charge in [0.15, 0.2) is 5.82 Å². The van der Waals surface area contributed by atoms with E-state index < -0.39 is 5.91 Å². The molecular weight excluding hydrogens is 180 g/mol. The zero-order valence-corrected chi connectivity index (χ0v) is 7.45. The van der Waals surface area contributed by atoms with Crippen molar-refractivity contribution in [2.24, 2.45) is 11.5 Å². The molecule has 0 saturated carbocycles. The van der Waals surface area contributed by atoms with E-state index in [0.717, 1.165) is 11.1 Å². The van der Waals surface area contributed by atoms with Crippen LogP contribution in [0.25, 0.3) is 11.0 Å². The van der Waals surface area contributed by atoms with Crippen LogP contribution in [0.4, 0.5) is 0 Å². The van der Waals surface area contributed by atoms with E-state index >= 15 is 0 Å². The van der Waals surface area contributed by atoms with E-state index in [0.29, 0.717) is 12.1 Å². The SMILES string of the molecule is NCc1ccc2[nH]c(C(N)=O)nc2c1. The van der Waals surface area contributed by atoms with Crippen LogP contribution in [0.2, 0.25) is 0 Å². The maximum Gasteiger partial charge on any atom is 0.284 e. The van der Waals surface area contributed by atoms with Gasteiger partial charge in [-0.05, 0) is 17.7 Å². The van der Waals surface area contributed by atoms with Crippen LogP contribution < -0.4 is 11.5 Å². The molecule has 0 radical (unpaired) electrons. The van der Waals surface area contributed by atoms with Gasteiger partial charge in [-0.1, -0.05) is 6.07 Å². The predicted octanol–water partition coefficient (Wildman–Crippen LogP) is 0.120. The number of nitrogens with one attached hydrogen (secondary N) is 1.